The highest BCUT2D eigenvalue weighted by atomic mass is 16.1. The van der Waals surface area contributed by atoms with Crippen LogP contribution in [0.25, 0.3) is 0 Å². The molecule has 0 aliphatic heterocycles. The molecule has 1 nitrogen and oxygen atoms in total. The molecule has 0 unspecified atom stereocenters. The summed E-state index contributed by atoms with van der Waals surface area (Å²) in [7, 11) is 0. The van der Waals surface area contributed by atoms with Gasteiger partial charge in [-0.2, -0.15) is 0 Å². The first-order chi connectivity index (χ1) is 4.57. The van der Waals surface area contributed by atoms with Crippen LogP contribution in [-0.2, 0) is 4.79 Å². The molecule has 0 radical (unpaired) electrons. The Morgan fingerprint density at radius 3 is 2.50 bits per heavy atom. The van der Waals surface area contributed by atoms with E-state index in [-0.39, 0.29) is 5.41 Å². The second-order valence-corrected chi connectivity index (χ2v) is 3.39. The molecular formula is C9H14O. The summed E-state index contributed by atoms with van der Waals surface area (Å²) in [5, 5.41) is 0. The predicted molar refractivity (Wildman–Crippen MR) is 41.7 cm³/mol. The average molecular weight is 138 g/mol. The smallest absolute Gasteiger partial charge is 0.136 e. The van der Waals surface area contributed by atoms with Gasteiger partial charge in [0.25, 0.3) is 0 Å². The molecular weight excluding hydrogens is 124 g/mol. The molecule has 0 bridgehead atoms. The molecule has 0 aromatic rings. The van der Waals surface area contributed by atoms with E-state index in [1.54, 1.807) is 6.92 Å². The van der Waals surface area contributed by atoms with Crippen molar-refractivity contribution < 1.29 is 4.79 Å². The van der Waals surface area contributed by atoms with E-state index in [9.17, 15) is 4.79 Å². The van der Waals surface area contributed by atoms with Crippen LogP contribution in [0.1, 0.15) is 27.2 Å². The lowest BCUT2D eigenvalue weighted by Gasteiger charge is -2.25. The molecule has 1 aliphatic carbocycles. The van der Waals surface area contributed by atoms with Crippen molar-refractivity contribution in [3.8, 4) is 0 Å². The zero-order chi connectivity index (χ0) is 7.78. The molecule has 0 amide bonds. The van der Waals surface area contributed by atoms with E-state index >= 15 is 0 Å². The van der Waals surface area contributed by atoms with Crippen LogP contribution >= 0.6 is 0 Å². The van der Waals surface area contributed by atoms with Crippen LogP contribution in [0.5, 0.6) is 0 Å². The fourth-order valence-electron chi connectivity index (χ4n) is 1.38. The van der Waals surface area contributed by atoms with Crippen LogP contribution in [0.15, 0.2) is 12.2 Å². The monoisotopic (exact) mass is 138 g/mol. The second-order valence-electron chi connectivity index (χ2n) is 3.39. The fraction of sp³-hybridized carbons (Fsp3) is 0.667. The summed E-state index contributed by atoms with van der Waals surface area (Å²) in [5.74, 6) is 0.731. The van der Waals surface area contributed by atoms with E-state index < -0.39 is 0 Å². The summed E-state index contributed by atoms with van der Waals surface area (Å²) >= 11 is 0. The van der Waals surface area contributed by atoms with Gasteiger partial charge < -0.3 is 0 Å². The largest absolute Gasteiger partial charge is 0.299 e. The number of Topliss-reactive ketones (excluding diaryl/α,β-unsaturated/α-hetero) is 1. The van der Waals surface area contributed by atoms with Gasteiger partial charge in [-0.1, -0.05) is 26.0 Å². The molecule has 1 aliphatic rings. The topological polar surface area (TPSA) is 17.1 Å². The molecule has 0 saturated carbocycles. The Kier molecular flexibility index (Phi) is 1.67. The van der Waals surface area contributed by atoms with E-state index in [0.717, 1.165) is 6.42 Å². The molecule has 0 saturated heterocycles. The lowest BCUT2D eigenvalue weighted by atomic mass is 9.77. The van der Waals surface area contributed by atoms with E-state index in [2.05, 4.69) is 19.1 Å². The van der Waals surface area contributed by atoms with Gasteiger partial charge in [-0.3, -0.25) is 4.79 Å². The number of ketones is 1. The molecule has 0 aromatic carbocycles. The van der Waals surface area contributed by atoms with Crippen LogP contribution in [0.2, 0.25) is 0 Å². The Bertz CT molecular complexity index is 181. The Hall–Kier alpha value is -0.590. The highest BCUT2D eigenvalue weighted by Crippen LogP contribution is 2.38. The zero-order valence-corrected chi connectivity index (χ0v) is 6.85. The summed E-state index contributed by atoms with van der Waals surface area (Å²) in [5.41, 5.74) is -0.0972. The first kappa shape index (κ1) is 7.52. The van der Waals surface area contributed by atoms with Gasteiger partial charge in [0, 0.05) is 5.41 Å². The molecule has 0 spiro atoms. The lowest BCUT2D eigenvalue weighted by molar-refractivity contribution is -0.126. The molecule has 0 fully saturated rings. The van der Waals surface area contributed by atoms with Gasteiger partial charge in [-0.25, -0.2) is 0 Å². The van der Waals surface area contributed by atoms with Gasteiger partial charge in [-0.05, 0) is 19.3 Å². The minimum atomic E-state index is -0.0972. The first-order valence-electron chi connectivity index (χ1n) is 3.75. The van der Waals surface area contributed by atoms with Gasteiger partial charge in [0.2, 0.25) is 0 Å². The zero-order valence-electron chi connectivity index (χ0n) is 6.85. The second kappa shape index (κ2) is 2.22. The molecule has 1 heteroatoms. The Morgan fingerprint density at radius 2 is 2.30 bits per heavy atom. The van der Waals surface area contributed by atoms with Crippen molar-refractivity contribution in [1.29, 1.82) is 0 Å². The number of allylic oxidation sites excluding steroid dienone is 2. The van der Waals surface area contributed by atoms with Gasteiger partial charge >= 0.3 is 0 Å². The number of hydrogen-bond donors (Lipinski definition) is 0. The minimum absolute atomic E-state index is 0.0972. The van der Waals surface area contributed by atoms with Crippen molar-refractivity contribution in [2.24, 2.45) is 11.3 Å². The Morgan fingerprint density at radius 1 is 1.70 bits per heavy atom. The van der Waals surface area contributed by atoms with Crippen LogP contribution in [0.3, 0.4) is 0 Å². The highest BCUT2D eigenvalue weighted by molar-refractivity contribution is 5.83. The number of carbonyl (C=O) groups excluding carboxylic acids is 1. The standard InChI is InChI=1S/C9H14O/c1-7-5-4-6-9(7,3)8(2)10/h4-5,7H,6H2,1-3H3/t7-,9-/m0/s1. The quantitative estimate of drug-likeness (QED) is 0.507. The van der Waals surface area contributed by atoms with Gasteiger partial charge in [0.05, 0.1) is 0 Å². The lowest BCUT2D eigenvalue weighted by Crippen LogP contribution is -2.28. The average Bonchev–Trinajstić information content (AvgIpc) is 2.15. The van der Waals surface area contributed by atoms with Crippen LogP contribution in [0, 0.1) is 11.3 Å². The van der Waals surface area contributed by atoms with Crippen LogP contribution in [-0.4, -0.2) is 5.78 Å². The summed E-state index contributed by atoms with van der Waals surface area (Å²) in [4.78, 5) is 11.1. The number of carbonyl (C=O) groups is 1. The minimum Gasteiger partial charge on any atom is -0.299 e. The summed E-state index contributed by atoms with van der Waals surface area (Å²) in [6, 6.07) is 0. The van der Waals surface area contributed by atoms with Gasteiger partial charge in [-0.15, -0.1) is 0 Å². The van der Waals surface area contributed by atoms with E-state index in [0.29, 0.717) is 11.7 Å². The summed E-state index contributed by atoms with van der Waals surface area (Å²) in [6.45, 7) is 5.83. The van der Waals surface area contributed by atoms with Crippen molar-refractivity contribution in [1.82, 2.24) is 0 Å². The highest BCUT2D eigenvalue weighted by Gasteiger charge is 2.36. The third-order valence-corrected chi connectivity index (χ3v) is 2.78. The van der Waals surface area contributed by atoms with Crippen molar-refractivity contribution in [3.63, 3.8) is 0 Å². The molecule has 2 atom stereocenters. The maximum atomic E-state index is 11.1. The van der Waals surface area contributed by atoms with Gasteiger partial charge in [0.15, 0.2) is 0 Å². The molecule has 0 aromatic heterocycles. The van der Waals surface area contributed by atoms with Gasteiger partial charge in [0.1, 0.15) is 5.78 Å². The van der Waals surface area contributed by atoms with E-state index in [4.69, 9.17) is 0 Å². The SMILES string of the molecule is CC(=O)[C@@]1(C)CC=C[C@@H]1C. The molecule has 10 heavy (non-hydrogen) atoms. The maximum absolute atomic E-state index is 11.1. The maximum Gasteiger partial charge on any atom is 0.136 e. The van der Waals surface area contributed by atoms with Crippen molar-refractivity contribution in [2.75, 3.05) is 0 Å². The van der Waals surface area contributed by atoms with E-state index in [1.165, 1.54) is 0 Å². The van der Waals surface area contributed by atoms with Crippen molar-refractivity contribution >= 4 is 5.78 Å². The van der Waals surface area contributed by atoms with Crippen LogP contribution in [0.4, 0.5) is 0 Å². The molecule has 0 heterocycles. The Balaban J connectivity index is 2.80. The fourth-order valence-corrected chi connectivity index (χ4v) is 1.38. The number of hydrogen-bond acceptors (Lipinski definition) is 1. The van der Waals surface area contributed by atoms with Crippen molar-refractivity contribution in [2.45, 2.75) is 27.2 Å². The Labute approximate surface area is 62.1 Å². The van der Waals surface area contributed by atoms with Crippen molar-refractivity contribution in [3.05, 3.63) is 12.2 Å². The van der Waals surface area contributed by atoms with E-state index in [1.807, 2.05) is 6.92 Å². The molecule has 56 valence electrons. The predicted octanol–water partition coefficient (Wildman–Crippen LogP) is 2.18. The summed E-state index contributed by atoms with van der Waals surface area (Å²) in [6.07, 6.45) is 5.15. The first-order valence-corrected chi connectivity index (χ1v) is 3.75. The third kappa shape index (κ3) is 0.898. The normalized spacial score (nSPS) is 38.5. The molecule has 0 N–H and O–H groups in total. The summed E-state index contributed by atoms with van der Waals surface area (Å²) < 4.78 is 0. The number of rotatable bonds is 1. The van der Waals surface area contributed by atoms with Crippen LogP contribution < -0.4 is 0 Å². The molecule has 1 rings (SSSR count). The third-order valence-electron chi connectivity index (χ3n) is 2.78.